The molecule has 0 radical (unpaired) electrons. The molecule has 0 bridgehead atoms. The number of carbonyl (C=O) groups is 2. The van der Waals surface area contributed by atoms with E-state index in [1.807, 2.05) is 0 Å². The van der Waals surface area contributed by atoms with E-state index in [9.17, 15) is 9.59 Å². The smallest absolute Gasteiger partial charge is 0.288 e. The van der Waals surface area contributed by atoms with Gasteiger partial charge in [0.25, 0.3) is 5.91 Å². The maximum Gasteiger partial charge on any atom is 0.288 e. The first-order valence-electron chi connectivity index (χ1n) is 8.66. The number of pyridine rings is 1. The number of rotatable bonds is 7. The molecule has 1 aromatic carbocycles. The monoisotopic (exact) mass is 397 g/mol. The first-order valence-corrected chi connectivity index (χ1v) is 8.66. The lowest BCUT2D eigenvalue weighted by molar-refractivity contribution is -0.121. The van der Waals surface area contributed by atoms with E-state index in [-0.39, 0.29) is 18.5 Å². The summed E-state index contributed by atoms with van der Waals surface area (Å²) in [5.74, 6) is 0.877. The van der Waals surface area contributed by atoms with Gasteiger partial charge in [-0.25, -0.2) is 0 Å². The van der Waals surface area contributed by atoms with Gasteiger partial charge in [0.2, 0.25) is 17.6 Å². The third-order valence-electron chi connectivity index (χ3n) is 3.89. The lowest BCUT2D eigenvalue weighted by atomic mass is 10.2. The maximum atomic E-state index is 11.9. The fourth-order valence-electron chi connectivity index (χ4n) is 2.42. The molecule has 29 heavy (non-hydrogen) atoms. The van der Waals surface area contributed by atoms with Crippen molar-refractivity contribution in [3.8, 4) is 22.9 Å². The molecule has 2 amide bonds. The van der Waals surface area contributed by atoms with Crippen molar-refractivity contribution < 1.29 is 23.6 Å². The molecule has 2 aromatic heterocycles. The predicted octanol–water partition coefficient (Wildman–Crippen LogP) is 1.54. The first-order chi connectivity index (χ1) is 14.1. The molecule has 10 heteroatoms. The summed E-state index contributed by atoms with van der Waals surface area (Å²) in [6.45, 7) is 0. The summed E-state index contributed by atoms with van der Waals surface area (Å²) in [5, 5.41) is 3.92. The van der Waals surface area contributed by atoms with E-state index in [1.165, 1.54) is 19.4 Å². The lowest BCUT2D eigenvalue weighted by Crippen LogP contribution is -2.42. The summed E-state index contributed by atoms with van der Waals surface area (Å²) < 4.78 is 15.6. The minimum atomic E-state index is -0.507. The average molecular weight is 397 g/mol. The zero-order chi connectivity index (χ0) is 20.6. The third-order valence-corrected chi connectivity index (χ3v) is 3.89. The summed E-state index contributed by atoms with van der Waals surface area (Å²) >= 11 is 0. The maximum absolute atomic E-state index is 11.9. The number of nitrogens with one attached hydrogen (secondary N) is 2. The second-order valence-electron chi connectivity index (χ2n) is 5.80. The molecule has 0 aliphatic rings. The fraction of sp³-hybridized carbons (Fsp3) is 0.211. The molecule has 0 spiro atoms. The summed E-state index contributed by atoms with van der Waals surface area (Å²) in [7, 11) is 3.09. The largest absolute Gasteiger partial charge is 0.493 e. The van der Waals surface area contributed by atoms with Crippen LogP contribution in [-0.4, -0.2) is 41.2 Å². The van der Waals surface area contributed by atoms with Crippen molar-refractivity contribution in [2.75, 3.05) is 14.2 Å². The van der Waals surface area contributed by atoms with Gasteiger partial charge in [-0.05, 0) is 30.3 Å². The Labute approximate surface area is 166 Å². The number of carbonyl (C=O) groups excluding carboxylic acids is 2. The third kappa shape index (κ3) is 5.06. The number of benzene rings is 1. The molecule has 2 N–H and O–H groups in total. The van der Waals surface area contributed by atoms with E-state index < -0.39 is 11.8 Å². The van der Waals surface area contributed by atoms with Crippen molar-refractivity contribution in [1.29, 1.82) is 0 Å². The summed E-state index contributed by atoms with van der Waals surface area (Å²) in [6, 6.07) is 10.1. The summed E-state index contributed by atoms with van der Waals surface area (Å²) in [5.41, 5.74) is 5.50. The highest BCUT2D eigenvalue weighted by Crippen LogP contribution is 2.31. The number of amides is 2. The molecule has 0 unspecified atom stereocenters. The van der Waals surface area contributed by atoms with Gasteiger partial charge in [0.1, 0.15) is 5.69 Å². The summed E-state index contributed by atoms with van der Waals surface area (Å²) in [6.07, 6.45) is 1.75. The van der Waals surface area contributed by atoms with Crippen molar-refractivity contribution in [3.63, 3.8) is 0 Å². The fourth-order valence-corrected chi connectivity index (χ4v) is 2.42. The van der Waals surface area contributed by atoms with Crippen molar-refractivity contribution in [1.82, 2.24) is 26.0 Å². The van der Waals surface area contributed by atoms with Crippen LogP contribution in [0.25, 0.3) is 11.4 Å². The molecule has 0 aliphatic heterocycles. The Morgan fingerprint density at radius 1 is 1.07 bits per heavy atom. The molecule has 0 fully saturated rings. The van der Waals surface area contributed by atoms with Crippen molar-refractivity contribution in [2.45, 2.75) is 12.8 Å². The van der Waals surface area contributed by atoms with Crippen molar-refractivity contribution in [2.24, 2.45) is 0 Å². The van der Waals surface area contributed by atoms with Crippen LogP contribution in [0.3, 0.4) is 0 Å². The first kappa shape index (κ1) is 19.8. The van der Waals surface area contributed by atoms with Gasteiger partial charge in [-0.3, -0.25) is 25.4 Å². The topological polar surface area (TPSA) is 128 Å². The molecule has 0 saturated heterocycles. The van der Waals surface area contributed by atoms with E-state index in [1.54, 1.807) is 37.4 Å². The molecule has 2 heterocycles. The van der Waals surface area contributed by atoms with E-state index in [0.29, 0.717) is 28.8 Å². The molecule has 3 rings (SSSR count). The van der Waals surface area contributed by atoms with Crippen LogP contribution in [0.5, 0.6) is 11.5 Å². The summed E-state index contributed by atoms with van der Waals surface area (Å²) in [4.78, 5) is 31.9. The Morgan fingerprint density at radius 3 is 2.62 bits per heavy atom. The molecular weight excluding hydrogens is 378 g/mol. The highest BCUT2D eigenvalue weighted by atomic mass is 16.5. The Bertz CT molecular complexity index is 990. The minimum absolute atomic E-state index is 0.0517. The second kappa shape index (κ2) is 9.31. The zero-order valence-electron chi connectivity index (χ0n) is 15.8. The van der Waals surface area contributed by atoms with Gasteiger partial charge in [0.15, 0.2) is 11.5 Å². The molecule has 0 atom stereocenters. The predicted molar refractivity (Wildman–Crippen MR) is 101 cm³/mol. The Morgan fingerprint density at radius 2 is 1.90 bits per heavy atom. The van der Waals surface area contributed by atoms with Gasteiger partial charge in [-0.1, -0.05) is 11.2 Å². The SMILES string of the molecule is COc1ccc(-c2noc(CCC(=O)NNC(=O)c3ccccn3)n2)cc1OC. The van der Waals surface area contributed by atoms with Crippen LogP contribution >= 0.6 is 0 Å². The Hall–Kier alpha value is -3.95. The van der Waals surface area contributed by atoms with Crippen molar-refractivity contribution in [3.05, 3.63) is 54.2 Å². The van der Waals surface area contributed by atoms with Crippen LogP contribution in [0.2, 0.25) is 0 Å². The van der Waals surface area contributed by atoms with Gasteiger partial charge in [-0.2, -0.15) is 4.98 Å². The molecule has 3 aromatic rings. The highest BCUT2D eigenvalue weighted by molar-refractivity contribution is 5.93. The van der Waals surface area contributed by atoms with Crippen LogP contribution in [0.15, 0.2) is 47.1 Å². The number of methoxy groups -OCH3 is 2. The van der Waals surface area contributed by atoms with E-state index in [4.69, 9.17) is 14.0 Å². The van der Waals surface area contributed by atoms with Gasteiger partial charge >= 0.3 is 0 Å². The zero-order valence-corrected chi connectivity index (χ0v) is 15.8. The van der Waals surface area contributed by atoms with Gasteiger partial charge in [0.05, 0.1) is 14.2 Å². The molecular formula is C19H19N5O5. The molecule has 150 valence electrons. The second-order valence-corrected chi connectivity index (χ2v) is 5.80. The number of aryl methyl sites for hydroxylation is 1. The molecule has 10 nitrogen and oxygen atoms in total. The number of hydrogen-bond donors (Lipinski definition) is 2. The van der Waals surface area contributed by atoms with Crippen LogP contribution in [0.1, 0.15) is 22.8 Å². The number of aromatic nitrogens is 3. The standard InChI is InChI=1S/C19H19N5O5/c1-27-14-7-6-12(11-15(14)28-2)18-21-17(29-24-18)9-8-16(25)22-23-19(26)13-5-3-4-10-20-13/h3-7,10-11H,8-9H2,1-2H3,(H,22,25)(H,23,26). The number of hydrogen-bond acceptors (Lipinski definition) is 8. The minimum Gasteiger partial charge on any atom is -0.493 e. The van der Waals surface area contributed by atoms with E-state index in [0.717, 1.165) is 0 Å². The quantitative estimate of drug-likeness (QED) is 0.575. The highest BCUT2D eigenvalue weighted by Gasteiger charge is 2.14. The van der Waals surface area contributed by atoms with Crippen LogP contribution < -0.4 is 20.3 Å². The van der Waals surface area contributed by atoms with Crippen LogP contribution in [0, 0.1) is 0 Å². The number of ether oxygens (including phenoxy) is 2. The van der Waals surface area contributed by atoms with E-state index >= 15 is 0 Å². The van der Waals surface area contributed by atoms with Gasteiger partial charge in [-0.15, -0.1) is 0 Å². The Balaban J connectivity index is 1.52. The molecule has 0 saturated carbocycles. The van der Waals surface area contributed by atoms with Crippen LogP contribution in [0.4, 0.5) is 0 Å². The van der Waals surface area contributed by atoms with Gasteiger partial charge in [0, 0.05) is 24.6 Å². The normalized spacial score (nSPS) is 10.3. The Kier molecular flexibility index (Phi) is 6.36. The van der Waals surface area contributed by atoms with Crippen molar-refractivity contribution >= 4 is 11.8 Å². The lowest BCUT2D eigenvalue weighted by Gasteiger charge is -2.07. The van der Waals surface area contributed by atoms with Gasteiger partial charge < -0.3 is 14.0 Å². The number of hydrazine groups is 1. The van der Waals surface area contributed by atoms with Crippen LogP contribution in [-0.2, 0) is 11.2 Å². The average Bonchev–Trinajstić information content (AvgIpc) is 3.25. The number of nitrogens with zero attached hydrogens (tertiary/aromatic N) is 3. The van der Waals surface area contributed by atoms with E-state index in [2.05, 4.69) is 26.0 Å². The molecule has 0 aliphatic carbocycles.